The second kappa shape index (κ2) is 10.6. The second-order valence-electron chi connectivity index (χ2n) is 5.50. The van der Waals surface area contributed by atoms with E-state index in [2.05, 4.69) is 12.0 Å². The van der Waals surface area contributed by atoms with Gasteiger partial charge in [0.1, 0.15) is 0 Å². The molecule has 0 aliphatic rings. The summed E-state index contributed by atoms with van der Waals surface area (Å²) in [6.45, 7) is 2.94. The predicted molar refractivity (Wildman–Crippen MR) is 85.7 cm³/mol. The maximum absolute atomic E-state index is 10.6. The van der Waals surface area contributed by atoms with Gasteiger partial charge in [-0.05, 0) is 11.3 Å². The molecule has 0 aromatic carbocycles. The molecule has 0 unspecified atom stereocenters. The number of unbranched alkanes of at least 4 members (excludes halogenated alkanes) is 9. The maximum Gasteiger partial charge on any atom is 0.408 e. The fourth-order valence-electron chi connectivity index (χ4n) is 2.39. The Bertz CT molecular complexity index is 421. The van der Waals surface area contributed by atoms with E-state index in [4.69, 9.17) is 11.6 Å². The number of aromatic nitrogens is 2. The third-order valence-electron chi connectivity index (χ3n) is 3.61. The number of aryl methyl sites for hydroxylation is 1. The van der Waals surface area contributed by atoms with E-state index in [1.807, 2.05) is 0 Å². The Morgan fingerprint density at radius 1 is 1.10 bits per heavy atom. The summed E-state index contributed by atoms with van der Waals surface area (Å²) in [5.74, 6) is -0.247. The summed E-state index contributed by atoms with van der Waals surface area (Å²) < 4.78 is 1.57. The first-order valence-electron chi connectivity index (χ1n) is 8.02. The SMILES string of the molecule is CCCCCCCCCCCCn1cc(Cl)c([N+](=O)[O-])n1. The first-order chi connectivity index (χ1) is 10.1. The largest absolute Gasteiger partial charge is 0.408 e. The van der Waals surface area contributed by atoms with E-state index in [1.54, 1.807) is 4.68 Å². The number of halogens is 1. The van der Waals surface area contributed by atoms with Gasteiger partial charge in [-0.1, -0.05) is 76.3 Å². The van der Waals surface area contributed by atoms with E-state index in [-0.39, 0.29) is 10.8 Å². The van der Waals surface area contributed by atoms with E-state index in [9.17, 15) is 10.1 Å². The van der Waals surface area contributed by atoms with Crippen molar-refractivity contribution in [2.24, 2.45) is 0 Å². The Hall–Kier alpha value is -1.10. The third kappa shape index (κ3) is 7.46. The van der Waals surface area contributed by atoms with E-state index in [0.717, 1.165) is 12.8 Å². The van der Waals surface area contributed by atoms with Crippen molar-refractivity contribution >= 4 is 17.4 Å². The molecule has 120 valence electrons. The van der Waals surface area contributed by atoms with Crippen molar-refractivity contribution in [3.05, 3.63) is 21.3 Å². The van der Waals surface area contributed by atoms with Crippen LogP contribution in [0, 0.1) is 10.1 Å². The first kappa shape index (κ1) is 18.0. The smallest absolute Gasteiger partial charge is 0.358 e. The number of hydrogen-bond donors (Lipinski definition) is 0. The Labute approximate surface area is 131 Å². The maximum atomic E-state index is 10.6. The van der Waals surface area contributed by atoms with Crippen LogP contribution in [0.15, 0.2) is 6.20 Å². The topological polar surface area (TPSA) is 61.0 Å². The zero-order valence-corrected chi connectivity index (χ0v) is 13.6. The van der Waals surface area contributed by atoms with E-state index in [1.165, 1.54) is 57.6 Å². The molecule has 0 N–H and O–H groups in total. The lowest BCUT2D eigenvalue weighted by molar-refractivity contribution is -0.389. The minimum Gasteiger partial charge on any atom is -0.358 e. The lowest BCUT2D eigenvalue weighted by Crippen LogP contribution is -1.99. The molecule has 0 bridgehead atoms. The molecule has 0 radical (unpaired) electrons. The summed E-state index contributed by atoms with van der Waals surface area (Å²) in [5, 5.41) is 14.6. The molecule has 6 heteroatoms. The zero-order chi connectivity index (χ0) is 15.5. The summed E-state index contributed by atoms with van der Waals surface area (Å²) in [5.41, 5.74) is 0. The van der Waals surface area contributed by atoms with Crippen LogP contribution in [0.1, 0.15) is 71.1 Å². The molecule has 0 fully saturated rings. The van der Waals surface area contributed by atoms with Crippen LogP contribution in [-0.4, -0.2) is 14.7 Å². The first-order valence-corrected chi connectivity index (χ1v) is 8.40. The molecule has 1 aromatic rings. The summed E-state index contributed by atoms with van der Waals surface area (Å²) in [6.07, 6.45) is 14.2. The molecular formula is C15H26ClN3O2. The fourth-order valence-corrected chi connectivity index (χ4v) is 2.61. The average molecular weight is 316 g/mol. The Kier molecular flexibility index (Phi) is 9.06. The van der Waals surface area contributed by atoms with Gasteiger partial charge in [0, 0.05) is 0 Å². The van der Waals surface area contributed by atoms with Gasteiger partial charge in [0.2, 0.25) is 0 Å². The van der Waals surface area contributed by atoms with Crippen molar-refractivity contribution in [1.29, 1.82) is 0 Å². The minimum absolute atomic E-state index is 0.118. The van der Waals surface area contributed by atoms with Crippen LogP contribution in [0.25, 0.3) is 0 Å². The monoisotopic (exact) mass is 315 g/mol. The van der Waals surface area contributed by atoms with Crippen molar-refractivity contribution in [3.8, 4) is 0 Å². The summed E-state index contributed by atoms with van der Waals surface area (Å²) in [6, 6.07) is 0. The standard InChI is InChI=1S/C15H26ClN3O2/c1-2-3-4-5-6-7-8-9-10-11-12-18-13-14(16)15(17-18)19(20)21/h13H,2-12H2,1H3. The van der Waals surface area contributed by atoms with Crippen molar-refractivity contribution in [2.75, 3.05) is 0 Å². The zero-order valence-electron chi connectivity index (χ0n) is 12.9. The van der Waals surface area contributed by atoms with Crippen molar-refractivity contribution < 1.29 is 4.92 Å². The predicted octanol–water partition coefficient (Wildman–Crippen LogP) is 5.37. The Morgan fingerprint density at radius 2 is 1.62 bits per heavy atom. The normalized spacial score (nSPS) is 11.0. The molecular weight excluding hydrogens is 290 g/mol. The molecule has 0 saturated carbocycles. The van der Waals surface area contributed by atoms with Crippen LogP contribution in [0.4, 0.5) is 5.82 Å². The highest BCUT2D eigenvalue weighted by Gasteiger charge is 2.18. The molecule has 0 saturated heterocycles. The number of rotatable bonds is 12. The van der Waals surface area contributed by atoms with Gasteiger partial charge >= 0.3 is 5.82 Å². The van der Waals surface area contributed by atoms with Gasteiger partial charge < -0.3 is 10.1 Å². The molecule has 0 amide bonds. The van der Waals surface area contributed by atoms with Crippen LogP contribution in [0.5, 0.6) is 0 Å². The van der Waals surface area contributed by atoms with Gasteiger partial charge in [-0.2, -0.15) is 4.68 Å². The number of hydrogen-bond acceptors (Lipinski definition) is 3. The number of nitrogens with zero attached hydrogens (tertiary/aromatic N) is 3. The lowest BCUT2D eigenvalue weighted by Gasteiger charge is -2.01. The highest BCUT2D eigenvalue weighted by molar-refractivity contribution is 6.32. The highest BCUT2D eigenvalue weighted by Crippen LogP contribution is 2.21. The van der Waals surface area contributed by atoms with E-state index in [0.29, 0.717) is 6.54 Å². The molecule has 0 atom stereocenters. The average Bonchev–Trinajstić information content (AvgIpc) is 2.82. The quantitative estimate of drug-likeness (QED) is 0.296. The van der Waals surface area contributed by atoms with Crippen LogP contribution < -0.4 is 0 Å². The number of nitro groups is 1. The summed E-state index contributed by atoms with van der Waals surface area (Å²) in [4.78, 5) is 10.1. The van der Waals surface area contributed by atoms with Gasteiger partial charge in [0.05, 0.1) is 17.8 Å². The Balaban J connectivity index is 2.02. The second-order valence-corrected chi connectivity index (χ2v) is 5.91. The molecule has 21 heavy (non-hydrogen) atoms. The molecule has 5 nitrogen and oxygen atoms in total. The molecule has 0 aliphatic carbocycles. The van der Waals surface area contributed by atoms with E-state index < -0.39 is 4.92 Å². The molecule has 1 aromatic heterocycles. The van der Waals surface area contributed by atoms with E-state index >= 15 is 0 Å². The van der Waals surface area contributed by atoms with Crippen LogP contribution in [-0.2, 0) is 6.54 Å². The molecule has 1 heterocycles. The van der Waals surface area contributed by atoms with Crippen molar-refractivity contribution in [1.82, 2.24) is 9.78 Å². The van der Waals surface area contributed by atoms with Crippen LogP contribution in [0.2, 0.25) is 5.02 Å². The van der Waals surface area contributed by atoms with Crippen LogP contribution >= 0.6 is 11.6 Å². The van der Waals surface area contributed by atoms with Gasteiger partial charge in [-0.15, -0.1) is 0 Å². The summed E-state index contributed by atoms with van der Waals surface area (Å²) >= 11 is 5.75. The molecule has 0 spiro atoms. The molecule has 0 aliphatic heterocycles. The van der Waals surface area contributed by atoms with Crippen molar-refractivity contribution in [2.45, 2.75) is 77.7 Å². The highest BCUT2D eigenvalue weighted by atomic mass is 35.5. The van der Waals surface area contributed by atoms with Gasteiger partial charge in [0.25, 0.3) is 0 Å². The Morgan fingerprint density at radius 3 is 2.10 bits per heavy atom. The summed E-state index contributed by atoms with van der Waals surface area (Å²) in [7, 11) is 0. The minimum atomic E-state index is -0.544. The van der Waals surface area contributed by atoms with Gasteiger partial charge in [0.15, 0.2) is 5.02 Å². The third-order valence-corrected chi connectivity index (χ3v) is 3.88. The van der Waals surface area contributed by atoms with Crippen molar-refractivity contribution in [3.63, 3.8) is 0 Å². The van der Waals surface area contributed by atoms with Gasteiger partial charge in [-0.3, -0.25) is 0 Å². The fraction of sp³-hybridized carbons (Fsp3) is 0.800. The van der Waals surface area contributed by atoms with Gasteiger partial charge in [-0.25, -0.2) is 0 Å². The van der Waals surface area contributed by atoms with Crippen LogP contribution in [0.3, 0.4) is 0 Å². The molecule has 1 rings (SSSR count). The lowest BCUT2D eigenvalue weighted by atomic mass is 10.1.